The molecule has 2 rings (SSSR count). The van der Waals surface area contributed by atoms with Crippen LogP contribution in [0.1, 0.15) is 38.8 Å². The van der Waals surface area contributed by atoms with Gasteiger partial charge in [0, 0.05) is 10.0 Å². The first kappa shape index (κ1) is 21.0. The number of hydrogen-bond acceptors (Lipinski definition) is 4. The highest BCUT2D eigenvalue weighted by Gasteiger charge is 2.19. The van der Waals surface area contributed by atoms with Crippen LogP contribution in [0.3, 0.4) is 0 Å². The SMILES string of the molecule is CCOc1ccc(/C=N/NC(=O)COc2ccc(Br)cc2C(C)(C)C)cc1. The zero-order valence-electron chi connectivity index (χ0n) is 16.1. The molecule has 0 atom stereocenters. The van der Waals surface area contributed by atoms with E-state index in [1.54, 1.807) is 6.21 Å². The normalized spacial score (nSPS) is 11.4. The number of hydrogen-bond donors (Lipinski definition) is 1. The van der Waals surface area contributed by atoms with Crippen molar-refractivity contribution in [1.82, 2.24) is 5.43 Å². The van der Waals surface area contributed by atoms with Crippen molar-refractivity contribution >= 4 is 28.1 Å². The number of ether oxygens (including phenoxy) is 2. The maximum absolute atomic E-state index is 12.0. The first-order chi connectivity index (χ1) is 12.8. The van der Waals surface area contributed by atoms with Gasteiger partial charge in [0.25, 0.3) is 5.91 Å². The summed E-state index contributed by atoms with van der Waals surface area (Å²) < 4.78 is 12.1. The van der Waals surface area contributed by atoms with Crippen LogP contribution in [-0.4, -0.2) is 25.3 Å². The summed E-state index contributed by atoms with van der Waals surface area (Å²) in [6, 6.07) is 13.2. The van der Waals surface area contributed by atoms with Gasteiger partial charge in [-0.15, -0.1) is 0 Å². The lowest BCUT2D eigenvalue weighted by atomic mass is 9.86. The Kier molecular flexibility index (Phi) is 7.42. The van der Waals surface area contributed by atoms with Gasteiger partial charge in [-0.1, -0.05) is 36.7 Å². The topological polar surface area (TPSA) is 59.9 Å². The van der Waals surface area contributed by atoms with Crippen LogP contribution in [0, 0.1) is 0 Å². The zero-order valence-corrected chi connectivity index (χ0v) is 17.7. The van der Waals surface area contributed by atoms with Crippen molar-refractivity contribution in [2.24, 2.45) is 5.10 Å². The van der Waals surface area contributed by atoms with Crippen LogP contribution in [0.4, 0.5) is 0 Å². The minimum atomic E-state index is -0.319. The maximum Gasteiger partial charge on any atom is 0.277 e. The zero-order chi connectivity index (χ0) is 19.9. The lowest BCUT2D eigenvalue weighted by Gasteiger charge is -2.23. The number of hydrazone groups is 1. The molecule has 0 spiro atoms. The van der Waals surface area contributed by atoms with Gasteiger partial charge in [-0.25, -0.2) is 5.43 Å². The van der Waals surface area contributed by atoms with Crippen molar-refractivity contribution in [2.75, 3.05) is 13.2 Å². The van der Waals surface area contributed by atoms with Gasteiger partial charge in [-0.3, -0.25) is 4.79 Å². The molecule has 0 saturated carbocycles. The first-order valence-electron chi connectivity index (χ1n) is 8.77. The van der Waals surface area contributed by atoms with Crippen LogP contribution in [0.2, 0.25) is 0 Å². The standard InChI is InChI=1S/C21H25BrN2O3/c1-5-26-17-9-6-15(7-10-17)13-23-24-20(25)14-27-19-11-8-16(22)12-18(19)21(2,3)4/h6-13H,5,14H2,1-4H3,(H,24,25)/b23-13+. The minimum Gasteiger partial charge on any atom is -0.494 e. The van der Waals surface area contributed by atoms with Gasteiger partial charge in [0.1, 0.15) is 11.5 Å². The van der Waals surface area contributed by atoms with Gasteiger partial charge < -0.3 is 9.47 Å². The Morgan fingerprint density at radius 1 is 1.15 bits per heavy atom. The summed E-state index contributed by atoms with van der Waals surface area (Å²) in [7, 11) is 0. The molecule has 0 heterocycles. The largest absolute Gasteiger partial charge is 0.494 e. The van der Waals surface area contributed by atoms with E-state index in [-0.39, 0.29) is 17.9 Å². The Bertz CT molecular complexity index is 796. The molecule has 0 radical (unpaired) electrons. The molecule has 6 heteroatoms. The molecule has 5 nitrogen and oxygen atoms in total. The summed E-state index contributed by atoms with van der Waals surface area (Å²) in [5, 5.41) is 3.96. The molecule has 0 saturated heterocycles. The molecule has 1 N–H and O–H groups in total. The van der Waals surface area contributed by atoms with Gasteiger partial charge in [-0.05, 0) is 60.4 Å². The quantitative estimate of drug-likeness (QED) is 0.510. The van der Waals surface area contributed by atoms with Gasteiger partial charge in [0.2, 0.25) is 0 Å². The molecule has 27 heavy (non-hydrogen) atoms. The Labute approximate surface area is 168 Å². The fourth-order valence-corrected chi connectivity index (χ4v) is 2.75. The Balaban J connectivity index is 1.89. The molecular weight excluding hydrogens is 408 g/mol. The van der Waals surface area contributed by atoms with Crippen molar-refractivity contribution < 1.29 is 14.3 Å². The van der Waals surface area contributed by atoms with Gasteiger partial charge in [0.05, 0.1) is 12.8 Å². The molecule has 0 fully saturated rings. The summed E-state index contributed by atoms with van der Waals surface area (Å²) in [6.07, 6.45) is 1.58. The number of carbonyl (C=O) groups is 1. The monoisotopic (exact) mass is 432 g/mol. The van der Waals surface area contributed by atoms with Crippen molar-refractivity contribution in [3.8, 4) is 11.5 Å². The Morgan fingerprint density at radius 2 is 1.85 bits per heavy atom. The molecule has 0 aliphatic carbocycles. The fraction of sp³-hybridized carbons (Fsp3) is 0.333. The molecule has 1 amide bonds. The second kappa shape index (κ2) is 9.55. The number of nitrogens with one attached hydrogen (secondary N) is 1. The van der Waals surface area contributed by atoms with Crippen molar-refractivity contribution in [3.05, 3.63) is 58.1 Å². The molecule has 0 unspecified atom stereocenters. The molecule has 0 aliphatic rings. The Morgan fingerprint density at radius 3 is 2.48 bits per heavy atom. The highest BCUT2D eigenvalue weighted by molar-refractivity contribution is 9.10. The Hall–Kier alpha value is -2.34. The third-order valence-corrected chi connectivity index (χ3v) is 4.20. The molecule has 0 aromatic heterocycles. The predicted octanol–water partition coefficient (Wildman–Crippen LogP) is 4.67. The molecular formula is C21H25BrN2O3. The average Bonchev–Trinajstić information content (AvgIpc) is 2.61. The third kappa shape index (κ3) is 6.71. The summed E-state index contributed by atoms with van der Waals surface area (Å²) in [6.45, 7) is 8.75. The van der Waals surface area contributed by atoms with Crippen molar-refractivity contribution in [2.45, 2.75) is 33.1 Å². The number of halogens is 1. The van der Waals surface area contributed by atoms with Gasteiger partial charge in [-0.2, -0.15) is 5.10 Å². The van der Waals surface area contributed by atoms with Gasteiger partial charge in [0.15, 0.2) is 6.61 Å². The highest BCUT2D eigenvalue weighted by atomic mass is 79.9. The number of benzene rings is 2. The molecule has 2 aromatic carbocycles. The van der Waals surface area contributed by atoms with Crippen LogP contribution in [0.25, 0.3) is 0 Å². The molecule has 0 aliphatic heterocycles. The fourth-order valence-electron chi connectivity index (χ4n) is 2.39. The van der Waals surface area contributed by atoms with Crippen LogP contribution >= 0.6 is 15.9 Å². The van der Waals surface area contributed by atoms with Crippen LogP contribution < -0.4 is 14.9 Å². The maximum atomic E-state index is 12.0. The van der Waals surface area contributed by atoms with Crippen molar-refractivity contribution in [3.63, 3.8) is 0 Å². The number of nitrogens with zero attached hydrogens (tertiary/aromatic N) is 1. The van der Waals surface area contributed by atoms with E-state index < -0.39 is 0 Å². The van der Waals surface area contributed by atoms with E-state index in [2.05, 4.69) is 47.2 Å². The van der Waals surface area contributed by atoms with Crippen LogP contribution in [0.15, 0.2) is 52.0 Å². The van der Waals surface area contributed by atoms with E-state index in [1.165, 1.54) is 0 Å². The summed E-state index contributed by atoms with van der Waals surface area (Å²) in [4.78, 5) is 12.0. The third-order valence-electron chi connectivity index (χ3n) is 3.70. The van der Waals surface area contributed by atoms with Crippen LogP contribution in [-0.2, 0) is 10.2 Å². The van der Waals surface area contributed by atoms with E-state index in [4.69, 9.17) is 9.47 Å². The van der Waals surface area contributed by atoms with Crippen LogP contribution in [0.5, 0.6) is 11.5 Å². The highest BCUT2D eigenvalue weighted by Crippen LogP contribution is 2.33. The number of amides is 1. The summed E-state index contributed by atoms with van der Waals surface area (Å²) in [5.41, 5.74) is 4.27. The molecule has 0 bridgehead atoms. The second-order valence-electron chi connectivity index (χ2n) is 6.97. The minimum absolute atomic E-state index is 0.0958. The smallest absolute Gasteiger partial charge is 0.277 e. The molecule has 2 aromatic rings. The first-order valence-corrected chi connectivity index (χ1v) is 9.56. The average molecular weight is 433 g/mol. The summed E-state index contributed by atoms with van der Waals surface area (Å²) in [5.74, 6) is 1.17. The number of carbonyl (C=O) groups excluding carboxylic acids is 1. The molecule has 144 valence electrons. The van der Waals surface area contributed by atoms with E-state index in [1.807, 2.05) is 49.4 Å². The number of rotatable bonds is 7. The summed E-state index contributed by atoms with van der Waals surface area (Å²) >= 11 is 3.48. The second-order valence-corrected chi connectivity index (χ2v) is 7.89. The van der Waals surface area contributed by atoms with E-state index >= 15 is 0 Å². The van der Waals surface area contributed by atoms with E-state index in [0.717, 1.165) is 21.3 Å². The lowest BCUT2D eigenvalue weighted by molar-refractivity contribution is -0.123. The van der Waals surface area contributed by atoms with E-state index in [0.29, 0.717) is 12.4 Å². The van der Waals surface area contributed by atoms with E-state index in [9.17, 15) is 4.79 Å². The lowest BCUT2D eigenvalue weighted by Crippen LogP contribution is -2.25. The predicted molar refractivity (Wildman–Crippen MR) is 112 cm³/mol. The van der Waals surface area contributed by atoms with Crippen molar-refractivity contribution in [1.29, 1.82) is 0 Å². The van der Waals surface area contributed by atoms with Gasteiger partial charge >= 0.3 is 0 Å².